The van der Waals surface area contributed by atoms with Gasteiger partial charge in [0.2, 0.25) is 0 Å². The maximum absolute atomic E-state index is 11.3. The number of allylic oxidation sites excluding steroid dienone is 2. The molecule has 0 saturated carbocycles. The van der Waals surface area contributed by atoms with Crippen LogP contribution in [0.4, 0.5) is 0 Å². The second-order valence-corrected chi connectivity index (χ2v) is 5.07. The van der Waals surface area contributed by atoms with Crippen molar-refractivity contribution in [3.05, 3.63) is 60.2 Å². The van der Waals surface area contributed by atoms with Gasteiger partial charge in [0, 0.05) is 6.54 Å². The molecular formula is C16H17NO. The first kappa shape index (κ1) is 11.4. The maximum Gasteiger partial charge on any atom is 0.178 e. The van der Waals surface area contributed by atoms with E-state index in [-0.39, 0.29) is 11.3 Å². The number of carbonyl (C=O) groups is 1. The van der Waals surface area contributed by atoms with Gasteiger partial charge in [-0.15, -0.1) is 0 Å². The van der Waals surface area contributed by atoms with Crippen molar-refractivity contribution in [1.82, 2.24) is 4.90 Å². The lowest BCUT2D eigenvalue weighted by molar-refractivity contribution is -0.110. The Bertz CT molecular complexity index is 485. The molecule has 1 aromatic rings. The van der Waals surface area contributed by atoms with E-state index in [2.05, 4.69) is 41.3 Å². The highest BCUT2D eigenvalue weighted by molar-refractivity contribution is 6.00. The molecule has 2 nitrogen and oxygen atoms in total. The zero-order chi connectivity index (χ0) is 12.4. The SMILES string of the molecule is O=C1C=CC2(C=C1)CCCN2Cc1ccccc1. The number of ketones is 1. The van der Waals surface area contributed by atoms with Gasteiger partial charge in [-0.05, 0) is 37.1 Å². The van der Waals surface area contributed by atoms with E-state index in [1.807, 2.05) is 6.07 Å². The van der Waals surface area contributed by atoms with Crippen LogP contribution in [0, 0.1) is 0 Å². The lowest BCUT2D eigenvalue weighted by Gasteiger charge is -2.34. The molecule has 0 atom stereocenters. The number of nitrogens with zero attached hydrogens (tertiary/aromatic N) is 1. The molecule has 1 aliphatic heterocycles. The van der Waals surface area contributed by atoms with Crippen LogP contribution < -0.4 is 0 Å². The predicted molar refractivity (Wildman–Crippen MR) is 72.1 cm³/mol. The largest absolute Gasteiger partial charge is 0.290 e. The molecule has 1 aromatic carbocycles. The van der Waals surface area contributed by atoms with Gasteiger partial charge in [0.05, 0.1) is 5.54 Å². The molecule has 0 aromatic heterocycles. The minimum Gasteiger partial charge on any atom is -0.290 e. The van der Waals surface area contributed by atoms with Crippen molar-refractivity contribution >= 4 is 5.78 Å². The van der Waals surface area contributed by atoms with E-state index in [0.29, 0.717) is 0 Å². The van der Waals surface area contributed by atoms with Crippen LogP contribution in [0.5, 0.6) is 0 Å². The topological polar surface area (TPSA) is 20.3 Å². The smallest absolute Gasteiger partial charge is 0.178 e. The zero-order valence-electron chi connectivity index (χ0n) is 10.4. The van der Waals surface area contributed by atoms with E-state index in [1.54, 1.807) is 12.2 Å². The summed E-state index contributed by atoms with van der Waals surface area (Å²) in [5.41, 5.74) is 1.31. The third kappa shape index (κ3) is 2.04. The number of benzene rings is 1. The Balaban J connectivity index is 1.82. The van der Waals surface area contributed by atoms with Crippen molar-refractivity contribution in [3.63, 3.8) is 0 Å². The predicted octanol–water partition coefficient (Wildman–Crippen LogP) is 2.72. The lowest BCUT2D eigenvalue weighted by Crippen LogP contribution is -2.41. The van der Waals surface area contributed by atoms with E-state index in [9.17, 15) is 4.79 Å². The molecular weight excluding hydrogens is 222 g/mol. The van der Waals surface area contributed by atoms with E-state index in [1.165, 1.54) is 12.0 Å². The third-order valence-electron chi connectivity index (χ3n) is 3.88. The first-order valence-electron chi connectivity index (χ1n) is 6.50. The van der Waals surface area contributed by atoms with E-state index in [4.69, 9.17) is 0 Å². The second-order valence-electron chi connectivity index (χ2n) is 5.07. The maximum atomic E-state index is 11.3. The van der Waals surface area contributed by atoms with Crippen LogP contribution in [-0.4, -0.2) is 22.8 Å². The fraction of sp³-hybridized carbons (Fsp3) is 0.312. The van der Waals surface area contributed by atoms with Crippen LogP contribution in [0.3, 0.4) is 0 Å². The van der Waals surface area contributed by atoms with Gasteiger partial charge in [0.25, 0.3) is 0 Å². The van der Waals surface area contributed by atoms with Crippen LogP contribution in [0.2, 0.25) is 0 Å². The van der Waals surface area contributed by atoms with Crippen molar-refractivity contribution in [1.29, 1.82) is 0 Å². The summed E-state index contributed by atoms with van der Waals surface area (Å²) in [6.45, 7) is 2.04. The highest BCUT2D eigenvalue weighted by Gasteiger charge is 2.37. The molecule has 0 amide bonds. The Hall–Kier alpha value is -1.67. The monoisotopic (exact) mass is 239 g/mol. The van der Waals surface area contributed by atoms with Crippen molar-refractivity contribution in [3.8, 4) is 0 Å². The molecule has 0 N–H and O–H groups in total. The van der Waals surface area contributed by atoms with Gasteiger partial charge >= 0.3 is 0 Å². The van der Waals surface area contributed by atoms with Crippen molar-refractivity contribution in [2.45, 2.75) is 24.9 Å². The number of hydrogen-bond donors (Lipinski definition) is 0. The number of rotatable bonds is 2. The van der Waals surface area contributed by atoms with Gasteiger partial charge in [-0.25, -0.2) is 0 Å². The van der Waals surface area contributed by atoms with Crippen molar-refractivity contribution in [2.75, 3.05) is 6.54 Å². The second kappa shape index (κ2) is 4.54. The first-order chi connectivity index (χ1) is 8.78. The quantitative estimate of drug-likeness (QED) is 0.791. The number of carbonyl (C=O) groups excluding carboxylic acids is 1. The molecule has 0 radical (unpaired) electrons. The highest BCUT2D eigenvalue weighted by atomic mass is 16.1. The van der Waals surface area contributed by atoms with Crippen LogP contribution in [0.1, 0.15) is 18.4 Å². The summed E-state index contributed by atoms with van der Waals surface area (Å²) < 4.78 is 0. The summed E-state index contributed by atoms with van der Waals surface area (Å²) in [5.74, 6) is 0.104. The van der Waals surface area contributed by atoms with E-state index in [0.717, 1.165) is 19.5 Å². The first-order valence-corrected chi connectivity index (χ1v) is 6.50. The summed E-state index contributed by atoms with van der Waals surface area (Å²) in [7, 11) is 0. The Morgan fingerprint density at radius 2 is 1.83 bits per heavy atom. The summed E-state index contributed by atoms with van der Waals surface area (Å²) in [5, 5.41) is 0. The van der Waals surface area contributed by atoms with Crippen LogP contribution in [-0.2, 0) is 11.3 Å². The Kier molecular flexibility index (Phi) is 2.88. The normalized spacial score (nSPS) is 21.9. The van der Waals surface area contributed by atoms with Gasteiger partial charge in [-0.2, -0.15) is 0 Å². The van der Waals surface area contributed by atoms with Crippen LogP contribution >= 0.6 is 0 Å². The molecule has 3 rings (SSSR count). The lowest BCUT2D eigenvalue weighted by atomic mass is 9.90. The Morgan fingerprint density at radius 3 is 2.56 bits per heavy atom. The highest BCUT2D eigenvalue weighted by Crippen LogP contribution is 2.34. The van der Waals surface area contributed by atoms with Gasteiger partial charge in [0.1, 0.15) is 0 Å². The summed E-state index contributed by atoms with van der Waals surface area (Å²) in [6.07, 6.45) is 9.87. The summed E-state index contributed by atoms with van der Waals surface area (Å²) in [6, 6.07) is 10.5. The number of hydrogen-bond acceptors (Lipinski definition) is 2. The zero-order valence-corrected chi connectivity index (χ0v) is 10.4. The average Bonchev–Trinajstić information content (AvgIpc) is 2.78. The van der Waals surface area contributed by atoms with Crippen molar-refractivity contribution in [2.24, 2.45) is 0 Å². The fourth-order valence-corrected chi connectivity index (χ4v) is 2.89. The summed E-state index contributed by atoms with van der Waals surface area (Å²) in [4.78, 5) is 13.7. The van der Waals surface area contributed by atoms with Gasteiger partial charge in [-0.3, -0.25) is 9.69 Å². The molecule has 1 heterocycles. The number of likely N-dealkylation sites (tertiary alicyclic amines) is 1. The van der Waals surface area contributed by atoms with Crippen molar-refractivity contribution < 1.29 is 4.79 Å². The van der Waals surface area contributed by atoms with Gasteiger partial charge in [-0.1, -0.05) is 42.5 Å². The molecule has 2 aliphatic rings. The molecule has 18 heavy (non-hydrogen) atoms. The van der Waals surface area contributed by atoms with Crippen LogP contribution in [0.25, 0.3) is 0 Å². The molecule has 1 saturated heterocycles. The Labute approximate surface area is 108 Å². The van der Waals surface area contributed by atoms with E-state index >= 15 is 0 Å². The fourth-order valence-electron chi connectivity index (χ4n) is 2.89. The molecule has 1 fully saturated rings. The average molecular weight is 239 g/mol. The molecule has 0 bridgehead atoms. The Morgan fingerprint density at radius 1 is 1.11 bits per heavy atom. The molecule has 2 heteroatoms. The van der Waals surface area contributed by atoms with E-state index < -0.39 is 0 Å². The van der Waals surface area contributed by atoms with Gasteiger partial charge < -0.3 is 0 Å². The minimum atomic E-state index is -0.0241. The molecule has 0 unspecified atom stereocenters. The molecule has 1 spiro atoms. The van der Waals surface area contributed by atoms with Crippen LogP contribution in [0.15, 0.2) is 54.6 Å². The standard InChI is InChI=1S/C16H17NO/c18-15-7-10-16(11-8-15)9-4-12-17(16)13-14-5-2-1-3-6-14/h1-3,5-8,10-11H,4,9,12-13H2. The molecule has 1 aliphatic carbocycles. The van der Waals surface area contributed by atoms with Gasteiger partial charge in [0.15, 0.2) is 5.78 Å². The third-order valence-corrected chi connectivity index (χ3v) is 3.88. The summed E-state index contributed by atoms with van der Waals surface area (Å²) >= 11 is 0. The minimum absolute atomic E-state index is 0.0241. The molecule has 92 valence electrons.